The number of rotatable bonds is 7. The Morgan fingerprint density at radius 1 is 1.30 bits per heavy atom. The summed E-state index contributed by atoms with van der Waals surface area (Å²) < 4.78 is 0. The number of hydrogen-bond acceptors (Lipinski definition) is 3. The van der Waals surface area contributed by atoms with Gasteiger partial charge in [0, 0.05) is 6.04 Å². The molecule has 1 rings (SSSR count). The first-order chi connectivity index (χ1) is 9.39. The van der Waals surface area contributed by atoms with E-state index in [0.717, 1.165) is 25.7 Å². The Morgan fingerprint density at radius 2 is 1.95 bits per heavy atom. The average Bonchev–Trinajstić information content (AvgIpc) is 2.39. The maximum Gasteiger partial charge on any atom is 0.323 e. The highest BCUT2D eigenvalue weighted by Gasteiger charge is 2.32. The predicted molar refractivity (Wildman–Crippen MR) is 78.5 cm³/mol. The molecule has 0 spiro atoms. The van der Waals surface area contributed by atoms with Crippen LogP contribution in [0.5, 0.6) is 0 Å². The summed E-state index contributed by atoms with van der Waals surface area (Å²) >= 11 is 0. The van der Waals surface area contributed by atoms with Gasteiger partial charge >= 0.3 is 5.97 Å². The van der Waals surface area contributed by atoms with E-state index in [1.54, 1.807) is 6.92 Å². The molecular formula is C15H28N2O3. The molecule has 0 aromatic rings. The standard InChI is InChI=1S/C15H28N2O3/c1-4-9-15(3,14(19)20)16-10-13(18)17-12-8-6-5-7-11(12)2/h11-12,16H,4-10H2,1-3H3,(H,17,18)(H,19,20). The van der Waals surface area contributed by atoms with E-state index in [1.165, 1.54) is 6.42 Å². The molecule has 5 heteroatoms. The van der Waals surface area contributed by atoms with Gasteiger partial charge < -0.3 is 10.4 Å². The third kappa shape index (κ3) is 4.78. The number of aliphatic carboxylic acids is 1. The van der Waals surface area contributed by atoms with E-state index in [0.29, 0.717) is 12.3 Å². The van der Waals surface area contributed by atoms with Crippen molar-refractivity contribution in [1.82, 2.24) is 10.6 Å². The molecule has 20 heavy (non-hydrogen) atoms. The van der Waals surface area contributed by atoms with Gasteiger partial charge in [0.2, 0.25) is 5.91 Å². The van der Waals surface area contributed by atoms with Crippen LogP contribution in [-0.2, 0) is 9.59 Å². The van der Waals surface area contributed by atoms with Crippen LogP contribution in [0.1, 0.15) is 59.3 Å². The quantitative estimate of drug-likeness (QED) is 0.667. The topological polar surface area (TPSA) is 78.4 Å². The zero-order chi connectivity index (χ0) is 15.2. The summed E-state index contributed by atoms with van der Waals surface area (Å²) in [6.45, 7) is 5.80. The molecule has 0 aliphatic heterocycles. The smallest absolute Gasteiger partial charge is 0.323 e. The van der Waals surface area contributed by atoms with E-state index >= 15 is 0 Å². The molecule has 1 amide bonds. The molecule has 0 radical (unpaired) electrons. The van der Waals surface area contributed by atoms with Gasteiger partial charge in [-0.05, 0) is 32.1 Å². The number of carboxylic acid groups (broad SMARTS) is 1. The van der Waals surface area contributed by atoms with Crippen LogP contribution in [0, 0.1) is 5.92 Å². The van der Waals surface area contributed by atoms with Gasteiger partial charge in [0.05, 0.1) is 6.54 Å². The van der Waals surface area contributed by atoms with Crippen LogP contribution < -0.4 is 10.6 Å². The average molecular weight is 284 g/mol. The first kappa shape index (κ1) is 17.0. The lowest BCUT2D eigenvalue weighted by Crippen LogP contribution is -2.54. The summed E-state index contributed by atoms with van der Waals surface area (Å²) in [6, 6.07) is 0.236. The first-order valence-corrected chi connectivity index (χ1v) is 7.67. The Kier molecular flexibility index (Phi) is 6.46. The molecule has 0 heterocycles. The summed E-state index contributed by atoms with van der Waals surface area (Å²) in [5.41, 5.74) is -1.02. The Hall–Kier alpha value is -1.10. The Balaban J connectivity index is 2.43. The molecule has 1 saturated carbocycles. The Morgan fingerprint density at radius 3 is 2.50 bits per heavy atom. The van der Waals surface area contributed by atoms with Gasteiger partial charge in [-0.1, -0.05) is 33.1 Å². The molecule has 1 aliphatic carbocycles. The van der Waals surface area contributed by atoms with Crippen molar-refractivity contribution in [2.75, 3.05) is 6.54 Å². The lowest BCUT2D eigenvalue weighted by molar-refractivity contribution is -0.144. The fourth-order valence-electron chi connectivity index (χ4n) is 2.83. The van der Waals surface area contributed by atoms with E-state index in [4.69, 9.17) is 0 Å². The highest BCUT2D eigenvalue weighted by atomic mass is 16.4. The zero-order valence-electron chi connectivity index (χ0n) is 12.9. The zero-order valence-corrected chi connectivity index (χ0v) is 12.9. The van der Waals surface area contributed by atoms with Crippen molar-refractivity contribution in [3.05, 3.63) is 0 Å². The van der Waals surface area contributed by atoms with Crippen LogP contribution in [0.3, 0.4) is 0 Å². The second kappa shape index (κ2) is 7.62. The second-order valence-corrected chi connectivity index (χ2v) is 6.18. The third-order valence-electron chi connectivity index (χ3n) is 4.32. The van der Waals surface area contributed by atoms with E-state index < -0.39 is 11.5 Å². The third-order valence-corrected chi connectivity index (χ3v) is 4.32. The van der Waals surface area contributed by atoms with Crippen molar-refractivity contribution in [3.63, 3.8) is 0 Å². The highest BCUT2D eigenvalue weighted by molar-refractivity contribution is 5.82. The van der Waals surface area contributed by atoms with Crippen LogP contribution >= 0.6 is 0 Å². The molecule has 3 N–H and O–H groups in total. The summed E-state index contributed by atoms with van der Waals surface area (Å²) in [5, 5.41) is 15.2. The minimum atomic E-state index is -1.02. The number of nitrogens with one attached hydrogen (secondary N) is 2. The fourth-order valence-corrected chi connectivity index (χ4v) is 2.83. The number of carbonyl (C=O) groups is 2. The molecule has 3 unspecified atom stereocenters. The lowest BCUT2D eigenvalue weighted by atomic mass is 9.86. The van der Waals surface area contributed by atoms with Gasteiger partial charge in [0.1, 0.15) is 5.54 Å². The molecule has 0 aromatic heterocycles. The number of carboxylic acids is 1. The molecule has 0 bridgehead atoms. The SMILES string of the molecule is CCCC(C)(NCC(=O)NC1CCCCC1C)C(=O)O. The van der Waals surface area contributed by atoms with Crippen molar-refractivity contribution in [1.29, 1.82) is 0 Å². The number of amides is 1. The Labute approximate surface area is 121 Å². The van der Waals surface area contributed by atoms with Gasteiger partial charge in [-0.25, -0.2) is 0 Å². The monoisotopic (exact) mass is 284 g/mol. The van der Waals surface area contributed by atoms with Gasteiger partial charge in [-0.2, -0.15) is 0 Å². The first-order valence-electron chi connectivity index (χ1n) is 7.67. The van der Waals surface area contributed by atoms with Crippen LogP contribution in [0.4, 0.5) is 0 Å². The molecule has 0 aromatic carbocycles. The van der Waals surface area contributed by atoms with Crippen molar-refractivity contribution in [2.24, 2.45) is 5.92 Å². The number of hydrogen-bond donors (Lipinski definition) is 3. The summed E-state index contributed by atoms with van der Waals surface area (Å²) in [5.74, 6) is -0.500. The van der Waals surface area contributed by atoms with E-state index in [9.17, 15) is 14.7 Å². The molecule has 3 atom stereocenters. The van der Waals surface area contributed by atoms with E-state index in [1.807, 2.05) is 6.92 Å². The molecule has 0 saturated heterocycles. The molecule has 116 valence electrons. The van der Waals surface area contributed by atoms with Crippen LogP contribution in [0.15, 0.2) is 0 Å². The van der Waals surface area contributed by atoms with Gasteiger partial charge in [-0.15, -0.1) is 0 Å². The summed E-state index contributed by atoms with van der Waals surface area (Å²) in [6.07, 6.45) is 5.84. The largest absolute Gasteiger partial charge is 0.480 e. The lowest BCUT2D eigenvalue weighted by Gasteiger charge is -2.30. The van der Waals surface area contributed by atoms with Crippen LogP contribution in [-0.4, -0.2) is 35.1 Å². The van der Waals surface area contributed by atoms with Crippen molar-refractivity contribution < 1.29 is 14.7 Å². The second-order valence-electron chi connectivity index (χ2n) is 6.18. The van der Waals surface area contributed by atoms with E-state index in [-0.39, 0.29) is 18.5 Å². The van der Waals surface area contributed by atoms with Gasteiger partial charge in [0.15, 0.2) is 0 Å². The maximum atomic E-state index is 12.0. The maximum absolute atomic E-state index is 12.0. The van der Waals surface area contributed by atoms with E-state index in [2.05, 4.69) is 17.6 Å². The van der Waals surface area contributed by atoms with Gasteiger partial charge in [0.25, 0.3) is 0 Å². The normalized spacial score (nSPS) is 25.8. The highest BCUT2D eigenvalue weighted by Crippen LogP contribution is 2.23. The number of carbonyl (C=O) groups excluding carboxylic acids is 1. The predicted octanol–water partition coefficient (Wildman–Crippen LogP) is 1.91. The summed E-state index contributed by atoms with van der Waals surface area (Å²) in [7, 11) is 0. The fraction of sp³-hybridized carbons (Fsp3) is 0.867. The molecule has 1 fully saturated rings. The van der Waals surface area contributed by atoms with Crippen LogP contribution in [0.2, 0.25) is 0 Å². The van der Waals surface area contributed by atoms with Crippen molar-refractivity contribution in [3.8, 4) is 0 Å². The minimum Gasteiger partial charge on any atom is -0.480 e. The minimum absolute atomic E-state index is 0.0615. The van der Waals surface area contributed by atoms with Crippen molar-refractivity contribution in [2.45, 2.75) is 70.9 Å². The van der Waals surface area contributed by atoms with Gasteiger partial charge in [-0.3, -0.25) is 14.9 Å². The molecule has 1 aliphatic rings. The van der Waals surface area contributed by atoms with Crippen LogP contribution in [0.25, 0.3) is 0 Å². The molecule has 5 nitrogen and oxygen atoms in total. The summed E-state index contributed by atoms with van der Waals surface area (Å²) in [4.78, 5) is 23.2. The van der Waals surface area contributed by atoms with Crippen molar-refractivity contribution >= 4 is 11.9 Å². The Bertz CT molecular complexity index is 346. The molecular weight excluding hydrogens is 256 g/mol.